The first-order valence-electron chi connectivity index (χ1n) is 6.54. The van der Waals surface area contributed by atoms with E-state index in [0.29, 0.717) is 10.9 Å². The molecular formula is C15H16N2O2S. The molecule has 4 nitrogen and oxygen atoms in total. The Morgan fingerprint density at radius 3 is 3.05 bits per heavy atom. The second-order valence-electron chi connectivity index (χ2n) is 4.84. The fraction of sp³-hybridized carbons (Fsp3) is 0.333. The Bertz CT molecular complexity index is 626. The van der Waals surface area contributed by atoms with Crippen LogP contribution >= 0.6 is 11.8 Å². The molecule has 0 radical (unpaired) electrons. The minimum Gasteiger partial charge on any atom is -0.464 e. The predicted octanol–water partition coefficient (Wildman–Crippen LogP) is 2.70. The minimum absolute atomic E-state index is 0.328. The molecule has 0 amide bonds. The van der Waals surface area contributed by atoms with Gasteiger partial charge in [0.15, 0.2) is 0 Å². The van der Waals surface area contributed by atoms with Crippen LogP contribution in [0.2, 0.25) is 0 Å². The third-order valence-electron chi connectivity index (χ3n) is 3.55. The van der Waals surface area contributed by atoms with E-state index in [-0.39, 0.29) is 5.97 Å². The molecule has 1 aromatic carbocycles. The van der Waals surface area contributed by atoms with E-state index in [0.717, 1.165) is 18.8 Å². The summed E-state index contributed by atoms with van der Waals surface area (Å²) in [6.07, 6.45) is 2.62. The number of benzene rings is 1. The van der Waals surface area contributed by atoms with Crippen molar-refractivity contribution in [3.8, 4) is 0 Å². The number of thioether (sulfide) groups is 1. The Morgan fingerprint density at radius 1 is 1.50 bits per heavy atom. The number of hydrogen-bond acceptors (Lipinski definition) is 4. The molecule has 3 rings (SSSR count). The highest BCUT2D eigenvalue weighted by Crippen LogP contribution is 2.37. The Kier molecular flexibility index (Phi) is 3.53. The number of esters is 1. The lowest BCUT2D eigenvalue weighted by Gasteiger charge is -2.13. The minimum atomic E-state index is -0.328. The topological polar surface area (TPSA) is 44.1 Å². The normalized spacial score (nSPS) is 17.0. The standard InChI is InChI=1S/C15H16N2O2S/c1-10-16-8-13(15(18)19-2)17(10)9-12-7-11-5-3-4-6-14(11)20-12/h3-6,8,12H,7,9H2,1-2H3. The van der Waals surface area contributed by atoms with Gasteiger partial charge < -0.3 is 9.30 Å². The zero-order valence-corrected chi connectivity index (χ0v) is 12.3. The first kappa shape index (κ1) is 13.2. The second-order valence-corrected chi connectivity index (χ2v) is 6.19. The summed E-state index contributed by atoms with van der Waals surface area (Å²) in [7, 11) is 1.40. The summed E-state index contributed by atoms with van der Waals surface area (Å²) < 4.78 is 6.76. The molecule has 0 saturated heterocycles. The van der Waals surface area contributed by atoms with E-state index in [1.54, 1.807) is 6.20 Å². The van der Waals surface area contributed by atoms with Crippen LogP contribution in [0.5, 0.6) is 0 Å². The number of ether oxygens (including phenoxy) is 1. The number of imidazole rings is 1. The van der Waals surface area contributed by atoms with Gasteiger partial charge in [0.25, 0.3) is 0 Å². The first-order chi connectivity index (χ1) is 9.69. The van der Waals surface area contributed by atoms with Gasteiger partial charge in [0.2, 0.25) is 0 Å². The van der Waals surface area contributed by atoms with Crippen molar-refractivity contribution in [1.29, 1.82) is 0 Å². The summed E-state index contributed by atoms with van der Waals surface area (Å²) >= 11 is 1.87. The van der Waals surface area contributed by atoms with Gasteiger partial charge in [-0.15, -0.1) is 11.8 Å². The summed E-state index contributed by atoms with van der Waals surface area (Å²) in [5, 5.41) is 0.434. The fourth-order valence-electron chi connectivity index (χ4n) is 2.53. The number of rotatable bonds is 3. The number of nitrogens with zero attached hydrogens (tertiary/aromatic N) is 2. The quantitative estimate of drug-likeness (QED) is 0.815. The smallest absolute Gasteiger partial charge is 0.356 e. The summed E-state index contributed by atoms with van der Waals surface area (Å²) in [6.45, 7) is 2.69. The van der Waals surface area contributed by atoms with E-state index in [4.69, 9.17) is 4.74 Å². The zero-order chi connectivity index (χ0) is 14.1. The maximum atomic E-state index is 11.7. The molecule has 2 heterocycles. The van der Waals surface area contributed by atoms with E-state index in [2.05, 4.69) is 29.2 Å². The zero-order valence-electron chi connectivity index (χ0n) is 11.5. The largest absolute Gasteiger partial charge is 0.464 e. The third-order valence-corrected chi connectivity index (χ3v) is 4.85. The van der Waals surface area contributed by atoms with Gasteiger partial charge >= 0.3 is 5.97 Å². The van der Waals surface area contributed by atoms with Gasteiger partial charge in [-0.3, -0.25) is 0 Å². The molecule has 1 atom stereocenters. The van der Waals surface area contributed by atoms with Gasteiger partial charge in [0, 0.05) is 16.7 Å². The molecule has 0 bridgehead atoms. The molecule has 0 N–H and O–H groups in total. The van der Waals surface area contributed by atoms with E-state index >= 15 is 0 Å². The molecule has 1 aliphatic rings. The number of carbonyl (C=O) groups excluding carboxylic acids is 1. The number of methoxy groups -OCH3 is 1. The van der Waals surface area contributed by atoms with Crippen LogP contribution in [0.25, 0.3) is 0 Å². The Balaban J connectivity index is 1.80. The summed E-state index contributed by atoms with van der Waals surface area (Å²) in [5.41, 5.74) is 1.92. The lowest BCUT2D eigenvalue weighted by Crippen LogP contribution is -2.18. The predicted molar refractivity (Wildman–Crippen MR) is 78.1 cm³/mol. The summed E-state index contributed by atoms with van der Waals surface area (Å²) in [6, 6.07) is 8.47. The van der Waals surface area contributed by atoms with Crippen LogP contribution < -0.4 is 0 Å². The summed E-state index contributed by atoms with van der Waals surface area (Å²) in [5.74, 6) is 0.521. The summed E-state index contributed by atoms with van der Waals surface area (Å²) in [4.78, 5) is 17.3. The second kappa shape index (κ2) is 5.32. The van der Waals surface area contributed by atoms with Gasteiger partial charge in [-0.2, -0.15) is 0 Å². The van der Waals surface area contributed by atoms with Crippen LogP contribution in [0.1, 0.15) is 21.9 Å². The van der Waals surface area contributed by atoms with Crippen molar-refractivity contribution in [1.82, 2.24) is 9.55 Å². The van der Waals surface area contributed by atoms with Crippen LogP contribution in [0.15, 0.2) is 35.4 Å². The molecule has 0 spiro atoms. The van der Waals surface area contributed by atoms with Crippen molar-refractivity contribution >= 4 is 17.7 Å². The van der Waals surface area contributed by atoms with E-state index < -0.39 is 0 Å². The molecule has 0 saturated carbocycles. The third kappa shape index (κ3) is 2.33. The first-order valence-corrected chi connectivity index (χ1v) is 7.42. The molecular weight excluding hydrogens is 272 g/mol. The maximum Gasteiger partial charge on any atom is 0.356 e. The van der Waals surface area contributed by atoms with E-state index in [9.17, 15) is 4.79 Å². The lowest BCUT2D eigenvalue weighted by molar-refractivity contribution is 0.0588. The molecule has 20 heavy (non-hydrogen) atoms. The number of carbonyl (C=O) groups is 1. The highest BCUT2D eigenvalue weighted by molar-refractivity contribution is 8.00. The molecule has 2 aromatic rings. The van der Waals surface area contributed by atoms with Gasteiger partial charge in [-0.05, 0) is 25.0 Å². The molecule has 1 aliphatic heterocycles. The number of hydrogen-bond donors (Lipinski definition) is 0. The Labute approximate surface area is 122 Å². The molecule has 1 unspecified atom stereocenters. The van der Waals surface area contributed by atoms with Crippen molar-refractivity contribution in [2.45, 2.75) is 30.0 Å². The SMILES string of the molecule is COC(=O)c1cnc(C)n1CC1Cc2ccccc2S1. The number of fused-ring (bicyclic) bond motifs is 1. The van der Waals surface area contributed by atoms with E-state index in [1.165, 1.54) is 17.6 Å². The molecule has 0 fully saturated rings. The number of aryl methyl sites for hydroxylation is 1. The van der Waals surface area contributed by atoms with Crippen molar-refractivity contribution in [3.05, 3.63) is 47.5 Å². The Morgan fingerprint density at radius 2 is 2.30 bits per heavy atom. The van der Waals surface area contributed by atoms with Gasteiger partial charge in [-0.25, -0.2) is 9.78 Å². The van der Waals surface area contributed by atoms with Crippen LogP contribution in [0.3, 0.4) is 0 Å². The molecule has 1 aromatic heterocycles. The highest BCUT2D eigenvalue weighted by Gasteiger charge is 2.24. The average Bonchev–Trinajstić information content (AvgIpc) is 3.02. The Hall–Kier alpha value is -1.75. The molecule has 5 heteroatoms. The van der Waals surface area contributed by atoms with E-state index in [1.807, 2.05) is 23.3 Å². The van der Waals surface area contributed by atoms with Crippen molar-refractivity contribution < 1.29 is 9.53 Å². The van der Waals surface area contributed by atoms with Gasteiger partial charge in [-0.1, -0.05) is 18.2 Å². The number of aromatic nitrogens is 2. The van der Waals surface area contributed by atoms with Crippen molar-refractivity contribution in [2.75, 3.05) is 7.11 Å². The van der Waals surface area contributed by atoms with Crippen LogP contribution in [0, 0.1) is 6.92 Å². The fourth-order valence-corrected chi connectivity index (χ4v) is 3.83. The van der Waals surface area contributed by atoms with Crippen molar-refractivity contribution in [3.63, 3.8) is 0 Å². The van der Waals surface area contributed by atoms with Crippen LogP contribution in [-0.2, 0) is 17.7 Å². The van der Waals surface area contributed by atoms with Crippen molar-refractivity contribution in [2.24, 2.45) is 0 Å². The lowest BCUT2D eigenvalue weighted by atomic mass is 10.1. The van der Waals surface area contributed by atoms with Gasteiger partial charge in [0.05, 0.1) is 13.3 Å². The maximum absolute atomic E-state index is 11.7. The monoisotopic (exact) mass is 288 g/mol. The van der Waals surface area contributed by atoms with Crippen LogP contribution in [0.4, 0.5) is 0 Å². The highest BCUT2D eigenvalue weighted by atomic mass is 32.2. The average molecular weight is 288 g/mol. The molecule has 0 aliphatic carbocycles. The molecule has 104 valence electrons. The van der Waals surface area contributed by atoms with Crippen LogP contribution in [-0.4, -0.2) is 27.9 Å². The van der Waals surface area contributed by atoms with Gasteiger partial charge in [0.1, 0.15) is 11.5 Å².